The summed E-state index contributed by atoms with van der Waals surface area (Å²) >= 11 is 5.45. The lowest BCUT2D eigenvalue weighted by Crippen LogP contribution is -2.12. The molecule has 0 aliphatic rings. The predicted molar refractivity (Wildman–Crippen MR) is 69.3 cm³/mol. The highest BCUT2D eigenvalue weighted by Gasteiger charge is 2.02. The van der Waals surface area contributed by atoms with Crippen molar-refractivity contribution in [2.45, 2.75) is 19.8 Å². The third-order valence-electron chi connectivity index (χ3n) is 2.10. The SMILES string of the molecule is CCC(=O)Nc1ccc(NC(=O)CCCl)cc1. The summed E-state index contributed by atoms with van der Waals surface area (Å²) in [5.74, 6) is 0.144. The second kappa shape index (κ2) is 6.91. The summed E-state index contributed by atoms with van der Waals surface area (Å²) in [5.41, 5.74) is 1.40. The van der Waals surface area contributed by atoms with Gasteiger partial charge in [0.1, 0.15) is 0 Å². The first-order valence-electron chi connectivity index (χ1n) is 5.41. The second-order valence-corrected chi connectivity index (χ2v) is 3.84. The van der Waals surface area contributed by atoms with Gasteiger partial charge in [-0.25, -0.2) is 0 Å². The van der Waals surface area contributed by atoms with Crippen molar-refractivity contribution < 1.29 is 9.59 Å². The Morgan fingerprint density at radius 1 is 1.06 bits per heavy atom. The van der Waals surface area contributed by atoms with Crippen molar-refractivity contribution in [1.82, 2.24) is 0 Å². The van der Waals surface area contributed by atoms with Crippen LogP contribution in [0.15, 0.2) is 24.3 Å². The first-order chi connectivity index (χ1) is 8.15. The number of anilines is 2. The lowest BCUT2D eigenvalue weighted by molar-refractivity contribution is -0.116. The minimum atomic E-state index is -0.120. The number of benzene rings is 1. The van der Waals surface area contributed by atoms with Crippen LogP contribution in [0.5, 0.6) is 0 Å². The van der Waals surface area contributed by atoms with Gasteiger partial charge < -0.3 is 10.6 Å². The van der Waals surface area contributed by atoms with Crippen LogP contribution in [0.1, 0.15) is 19.8 Å². The number of hydrogen-bond donors (Lipinski definition) is 2. The van der Waals surface area contributed by atoms with E-state index in [0.717, 1.165) is 0 Å². The summed E-state index contributed by atoms with van der Waals surface area (Å²) in [6.45, 7) is 1.79. The van der Waals surface area contributed by atoms with Crippen molar-refractivity contribution >= 4 is 34.8 Å². The molecular formula is C12H15ClN2O2. The zero-order valence-corrected chi connectivity index (χ0v) is 10.4. The summed E-state index contributed by atoms with van der Waals surface area (Å²) in [5, 5.41) is 5.43. The molecule has 1 aromatic carbocycles. The topological polar surface area (TPSA) is 58.2 Å². The molecule has 0 aliphatic carbocycles. The molecular weight excluding hydrogens is 240 g/mol. The van der Waals surface area contributed by atoms with Crippen LogP contribution in [0.2, 0.25) is 0 Å². The third kappa shape index (κ3) is 4.87. The van der Waals surface area contributed by atoms with E-state index in [2.05, 4.69) is 10.6 Å². The zero-order valence-electron chi connectivity index (χ0n) is 9.63. The number of nitrogens with one attached hydrogen (secondary N) is 2. The number of alkyl halides is 1. The Hall–Kier alpha value is -1.55. The van der Waals surface area contributed by atoms with Crippen molar-refractivity contribution in [2.75, 3.05) is 16.5 Å². The van der Waals surface area contributed by atoms with Crippen LogP contribution in [0.4, 0.5) is 11.4 Å². The minimum absolute atomic E-state index is 0.0380. The molecule has 5 heteroatoms. The van der Waals surface area contributed by atoms with Crippen LogP contribution < -0.4 is 10.6 Å². The molecule has 0 spiro atoms. The summed E-state index contributed by atoms with van der Waals surface area (Å²) in [6.07, 6.45) is 0.726. The van der Waals surface area contributed by atoms with Crippen molar-refractivity contribution in [3.05, 3.63) is 24.3 Å². The van der Waals surface area contributed by atoms with Gasteiger partial charge in [-0.05, 0) is 24.3 Å². The van der Waals surface area contributed by atoms with Gasteiger partial charge >= 0.3 is 0 Å². The molecule has 2 amide bonds. The van der Waals surface area contributed by atoms with Gasteiger partial charge in [-0.1, -0.05) is 6.92 Å². The van der Waals surface area contributed by atoms with Gasteiger partial charge in [0, 0.05) is 30.1 Å². The standard InChI is InChI=1S/C12H15ClN2O2/c1-2-11(16)14-9-3-5-10(6-4-9)15-12(17)7-8-13/h3-6H,2,7-8H2,1H3,(H,14,16)(H,15,17). The Balaban J connectivity index is 2.55. The fourth-order valence-corrected chi connectivity index (χ4v) is 1.37. The Kier molecular flexibility index (Phi) is 5.49. The van der Waals surface area contributed by atoms with E-state index in [1.54, 1.807) is 31.2 Å². The van der Waals surface area contributed by atoms with Gasteiger partial charge in [-0.3, -0.25) is 9.59 Å². The highest BCUT2D eigenvalue weighted by molar-refractivity contribution is 6.19. The van der Waals surface area contributed by atoms with Crippen LogP contribution >= 0.6 is 11.6 Å². The van der Waals surface area contributed by atoms with E-state index >= 15 is 0 Å². The number of amides is 2. The average Bonchev–Trinajstić information content (AvgIpc) is 2.32. The first kappa shape index (κ1) is 13.5. The minimum Gasteiger partial charge on any atom is -0.326 e. The number of hydrogen-bond acceptors (Lipinski definition) is 2. The molecule has 0 saturated heterocycles. The number of halogens is 1. The van der Waals surface area contributed by atoms with Crippen LogP contribution in [0.25, 0.3) is 0 Å². The molecule has 0 radical (unpaired) electrons. The van der Waals surface area contributed by atoms with E-state index in [1.807, 2.05) is 0 Å². The molecule has 2 N–H and O–H groups in total. The Bertz CT molecular complexity index is 390. The molecule has 17 heavy (non-hydrogen) atoms. The van der Waals surface area contributed by atoms with E-state index in [9.17, 15) is 9.59 Å². The molecule has 4 nitrogen and oxygen atoms in total. The quantitative estimate of drug-likeness (QED) is 0.794. The molecule has 0 aliphatic heterocycles. The number of carbonyl (C=O) groups is 2. The summed E-state index contributed by atoms with van der Waals surface area (Å²) in [6, 6.07) is 6.95. The maximum Gasteiger partial charge on any atom is 0.225 e. The van der Waals surface area contributed by atoms with E-state index < -0.39 is 0 Å². The summed E-state index contributed by atoms with van der Waals surface area (Å²) < 4.78 is 0. The van der Waals surface area contributed by atoms with E-state index in [1.165, 1.54) is 0 Å². The van der Waals surface area contributed by atoms with Crippen LogP contribution in [0.3, 0.4) is 0 Å². The monoisotopic (exact) mass is 254 g/mol. The predicted octanol–water partition coefficient (Wildman–Crippen LogP) is 2.60. The lowest BCUT2D eigenvalue weighted by atomic mass is 10.2. The van der Waals surface area contributed by atoms with Gasteiger partial charge in [-0.2, -0.15) is 0 Å². The Morgan fingerprint density at radius 2 is 1.53 bits per heavy atom. The van der Waals surface area contributed by atoms with Gasteiger partial charge in [0.05, 0.1) is 0 Å². The first-order valence-corrected chi connectivity index (χ1v) is 5.95. The van der Waals surface area contributed by atoms with Crippen molar-refractivity contribution in [3.8, 4) is 0 Å². The maximum absolute atomic E-state index is 11.3. The molecule has 0 saturated carbocycles. The third-order valence-corrected chi connectivity index (χ3v) is 2.28. The fourth-order valence-electron chi connectivity index (χ4n) is 1.20. The van der Waals surface area contributed by atoms with Crippen LogP contribution in [-0.2, 0) is 9.59 Å². The second-order valence-electron chi connectivity index (χ2n) is 3.47. The molecule has 0 heterocycles. The molecule has 1 rings (SSSR count). The smallest absolute Gasteiger partial charge is 0.225 e. The average molecular weight is 255 g/mol. The molecule has 0 bridgehead atoms. The highest BCUT2D eigenvalue weighted by Crippen LogP contribution is 2.14. The van der Waals surface area contributed by atoms with Gasteiger partial charge in [0.25, 0.3) is 0 Å². The fraction of sp³-hybridized carbons (Fsp3) is 0.333. The van der Waals surface area contributed by atoms with E-state index in [0.29, 0.717) is 23.7 Å². The van der Waals surface area contributed by atoms with Crippen LogP contribution in [0, 0.1) is 0 Å². The molecule has 92 valence electrons. The Morgan fingerprint density at radius 3 is 1.94 bits per heavy atom. The summed E-state index contributed by atoms with van der Waals surface area (Å²) in [4.78, 5) is 22.4. The number of carbonyl (C=O) groups excluding carboxylic acids is 2. The zero-order chi connectivity index (χ0) is 12.7. The van der Waals surface area contributed by atoms with Gasteiger partial charge in [0.2, 0.25) is 11.8 Å². The highest BCUT2D eigenvalue weighted by atomic mass is 35.5. The van der Waals surface area contributed by atoms with E-state index in [-0.39, 0.29) is 18.2 Å². The molecule has 0 aromatic heterocycles. The van der Waals surface area contributed by atoms with Crippen molar-refractivity contribution in [3.63, 3.8) is 0 Å². The maximum atomic E-state index is 11.3. The van der Waals surface area contributed by atoms with Gasteiger partial charge in [-0.15, -0.1) is 11.6 Å². The van der Waals surface area contributed by atoms with Gasteiger partial charge in [0.15, 0.2) is 0 Å². The lowest BCUT2D eigenvalue weighted by Gasteiger charge is -2.06. The largest absolute Gasteiger partial charge is 0.326 e. The van der Waals surface area contributed by atoms with Crippen LogP contribution in [-0.4, -0.2) is 17.7 Å². The molecule has 0 fully saturated rings. The van der Waals surface area contributed by atoms with E-state index in [4.69, 9.17) is 11.6 Å². The van der Waals surface area contributed by atoms with Crippen molar-refractivity contribution in [2.24, 2.45) is 0 Å². The number of rotatable bonds is 5. The molecule has 0 unspecified atom stereocenters. The molecule has 0 atom stereocenters. The summed E-state index contributed by atoms with van der Waals surface area (Å²) in [7, 11) is 0. The van der Waals surface area contributed by atoms with Crippen molar-refractivity contribution in [1.29, 1.82) is 0 Å². The molecule has 1 aromatic rings. The Labute approximate surface area is 105 Å². The normalized spacial score (nSPS) is 9.76.